The molecular formula is C17H17F3N5O4+. The molecule has 0 aromatic carbocycles. The summed E-state index contributed by atoms with van der Waals surface area (Å²) in [5.41, 5.74) is 3.18. The van der Waals surface area contributed by atoms with Crippen LogP contribution in [0, 0.1) is 0 Å². The third kappa shape index (κ3) is 5.96. The number of esters is 1. The van der Waals surface area contributed by atoms with Crippen molar-refractivity contribution >= 4 is 23.1 Å². The Morgan fingerprint density at radius 1 is 1.24 bits per heavy atom. The average Bonchev–Trinajstić information content (AvgIpc) is 3.06. The SMILES string of the molecule is COC(=O)C(F)(F)F.Cn1ncc2ncc(-c3cc[n+](CCC(=O)O)cc3)nc21. The van der Waals surface area contributed by atoms with Gasteiger partial charge in [0.15, 0.2) is 24.6 Å². The number of hydrogen-bond acceptors (Lipinski definition) is 6. The van der Waals surface area contributed by atoms with Crippen LogP contribution in [0.2, 0.25) is 0 Å². The highest BCUT2D eigenvalue weighted by atomic mass is 19.4. The number of rotatable bonds is 4. The Hall–Kier alpha value is -3.57. The van der Waals surface area contributed by atoms with Gasteiger partial charge in [-0.15, -0.1) is 0 Å². The van der Waals surface area contributed by atoms with Gasteiger partial charge in [0.25, 0.3) is 0 Å². The molecule has 0 aliphatic heterocycles. The Morgan fingerprint density at radius 2 is 1.90 bits per heavy atom. The highest BCUT2D eigenvalue weighted by Gasteiger charge is 2.40. The Bertz CT molecular complexity index is 1000. The van der Waals surface area contributed by atoms with Gasteiger partial charge in [-0.1, -0.05) is 0 Å². The smallest absolute Gasteiger partial charge is 0.481 e. The van der Waals surface area contributed by atoms with Gasteiger partial charge in [-0.05, 0) is 0 Å². The zero-order chi connectivity index (χ0) is 21.6. The summed E-state index contributed by atoms with van der Waals surface area (Å²) in [6.45, 7) is 0.446. The molecule has 3 rings (SSSR count). The van der Waals surface area contributed by atoms with Crippen molar-refractivity contribution in [1.82, 2.24) is 19.7 Å². The number of carbonyl (C=O) groups excluding carboxylic acids is 1. The fourth-order valence-electron chi connectivity index (χ4n) is 2.17. The van der Waals surface area contributed by atoms with Crippen molar-refractivity contribution in [3.63, 3.8) is 0 Å². The van der Waals surface area contributed by atoms with Gasteiger partial charge in [-0.2, -0.15) is 18.3 Å². The maximum Gasteiger partial charge on any atom is 0.490 e. The van der Waals surface area contributed by atoms with Crippen LogP contribution in [-0.4, -0.2) is 50.1 Å². The van der Waals surface area contributed by atoms with E-state index in [0.29, 0.717) is 13.7 Å². The van der Waals surface area contributed by atoms with E-state index in [9.17, 15) is 22.8 Å². The molecule has 154 valence electrons. The normalized spacial score (nSPS) is 10.9. The summed E-state index contributed by atoms with van der Waals surface area (Å²) >= 11 is 0. The number of halogens is 3. The van der Waals surface area contributed by atoms with Crippen LogP contribution in [0.5, 0.6) is 0 Å². The van der Waals surface area contributed by atoms with E-state index in [0.717, 1.165) is 22.4 Å². The van der Waals surface area contributed by atoms with Crippen LogP contribution in [-0.2, 0) is 27.9 Å². The number of carboxylic acids is 1. The molecule has 0 spiro atoms. The molecule has 3 aromatic rings. The van der Waals surface area contributed by atoms with Gasteiger partial charge in [-0.3, -0.25) is 4.79 Å². The first-order valence-electron chi connectivity index (χ1n) is 8.13. The number of hydrogen-bond donors (Lipinski definition) is 1. The molecule has 0 bridgehead atoms. The van der Waals surface area contributed by atoms with E-state index in [4.69, 9.17) is 5.11 Å². The van der Waals surface area contributed by atoms with Gasteiger partial charge in [0.2, 0.25) is 0 Å². The average molecular weight is 412 g/mol. The lowest BCUT2D eigenvalue weighted by molar-refractivity contribution is -0.695. The van der Waals surface area contributed by atoms with Crippen LogP contribution >= 0.6 is 0 Å². The molecule has 0 saturated carbocycles. The number of carbonyl (C=O) groups is 2. The van der Waals surface area contributed by atoms with Crippen molar-refractivity contribution in [2.45, 2.75) is 19.1 Å². The number of methoxy groups -OCH3 is 1. The van der Waals surface area contributed by atoms with E-state index >= 15 is 0 Å². The van der Waals surface area contributed by atoms with Gasteiger partial charge in [0, 0.05) is 24.7 Å². The Morgan fingerprint density at radius 3 is 2.41 bits per heavy atom. The van der Waals surface area contributed by atoms with Crippen molar-refractivity contribution in [2.24, 2.45) is 7.05 Å². The first kappa shape index (κ1) is 21.7. The maximum atomic E-state index is 11.0. The largest absolute Gasteiger partial charge is 0.490 e. The van der Waals surface area contributed by atoms with Crippen LogP contribution in [0.25, 0.3) is 22.4 Å². The summed E-state index contributed by atoms with van der Waals surface area (Å²) in [4.78, 5) is 28.9. The number of pyridine rings is 1. The van der Waals surface area contributed by atoms with Crippen molar-refractivity contribution < 1.29 is 37.2 Å². The van der Waals surface area contributed by atoms with Gasteiger partial charge in [0.05, 0.1) is 25.2 Å². The van der Waals surface area contributed by atoms with Crippen LogP contribution in [0.1, 0.15) is 6.42 Å². The first-order valence-corrected chi connectivity index (χ1v) is 8.13. The van der Waals surface area contributed by atoms with Gasteiger partial charge < -0.3 is 9.84 Å². The second-order valence-electron chi connectivity index (χ2n) is 5.69. The van der Waals surface area contributed by atoms with Crippen molar-refractivity contribution in [1.29, 1.82) is 0 Å². The summed E-state index contributed by atoms with van der Waals surface area (Å²) in [5, 5.41) is 12.8. The fraction of sp³-hybridized carbons (Fsp3) is 0.294. The molecule has 0 radical (unpaired) electrons. The van der Waals surface area contributed by atoms with Gasteiger partial charge in [-0.25, -0.2) is 24.0 Å². The number of alkyl halides is 3. The van der Waals surface area contributed by atoms with Crippen molar-refractivity contribution in [3.05, 3.63) is 36.9 Å². The fourth-order valence-corrected chi connectivity index (χ4v) is 2.17. The van der Waals surface area contributed by atoms with Crippen LogP contribution in [0.15, 0.2) is 36.9 Å². The molecule has 0 saturated heterocycles. The monoisotopic (exact) mass is 412 g/mol. The lowest BCUT2D eigenvalue weighted by Crippen LogP contribution is -2.33. The second-order valence-corrected chi connectivity index (χ2v) is 5.69. The van der Waals surface area contributed by atoms with E-state index in [1.54, 1.807) is 17.1 Å². The minimum Gasteiger partial charge on any atom is -0.481 e. The van der Waals surface area contributed by atoms with E-state index < -0.39 is 18.1 Å². The molecule has 12 heteroatoms. The number of aliphatic carboxylic acids is 1. The lowest BCUT2D eigenvalue weighted by Gasteiger charge is -2.01. The number of nitrogens with zero attached hydrogens (tertiary/aromatic N) is 5. The van der Waals surface area contributed by atoms with Crippen molar-refractivity contribution in [3.8, 4) is 11.3 Å². The molecule has 1 N–H and O–H groups in total. The number of aromatic nitrogens is 5. The molecule has 3 aromatic heterocycles. The number of carboxylic acid groups (broad SMARTS) is 1. The molecule has 0 amide bonds. The van der Waals surface area contributed by atoms with E-state index in [-0.39, 0.29) is 6.42 Å². The minimum atomic E-state index is -4.85. The third-order valence-electron chi connectivity index (χ3n) is 3.63. The van der Waals surface area contributed by atoms with Gasteiger partial charge >= 0.3 is 18.1 Å². The molecule has 0 fully saturated rings. The maximum absolute atomic E-state index is 11.0. The molecule has 0 aliphatic rings. The van der Waals surface area contributed by atoms with E-state index in [2.05, 4.69) is 19.8 Å². The number of fused-ring (bicyclic) bond motifs is 1. The zero-order valence-electron chi connectivity index (χ0n) is 15.4. The molecule has 0 aliphatic carbocycles. The predicted molar refractivity (Wildman–Crippen MR) is 92.3 cm³/mol. The summed E-state index contributed by atoms with van der Waals surface area (Å²) in [6, 6.07) is 3.79. The molecule has 29 heavy (non-hydrogen) atoms. The van der Waals surface area contributed by atoms with Crippen LogP contribution < -0.4 is 4.57 Å². The zero-order valence-corrected chi connectivity index (χ0v) is 15.4. The molecule has 3 heterocycles. The predicted octanol–water partition coefficient (Wildman–Crippen LogP) is 1.51. The molecular weight excluding hydrogens is 395 g/mol. The Kier molecular flexibility index (Phi) is 6.80. The lowest BCUT2D eigenvalue weighted by atomic mass is 10.2. The summed E-state index contributed by atoms with van der Waals surface area (Å²) in [7, 11) is 2.50. The van der Waals surface area contributed by atoms with Gasteiger partial charge in [0.1, 0.15) is 11.9 Å². The second kappa shape index (κ2) is 9.08. The highest BCUT2D eigenvalue weighted by molar-refractivity contribution is 5.75. The van der Waals surface area contributed by atoms with E-state index in [1.807, 2.05) is 36.1 Å². The third-order valence-corrected chi connectivity index (χ3v) is 3.63. The highest BCUT2D eigenvalue weighted by Crippen LogP contribution is 2.17. The number of ether oxygens (including phenoxy) is 1. The Labute approximate surface area is 162 Å². The summed E-state index contributed by atoms with van der Waals surface area (Å²) in [6.07, 6.45) is 2.32. The standard InChI is InChI=1S/C14H13N5O2.C3H3F3O2/c1-18-14-12(9-16-18)15-8-11(17-14)10-2-5-19(6-3-10)7-4-13(20)21;1-8-2(7)3(4,5)6/h2-3,5-6,8-9H,4,7H2,1H3;1H3/p+1. The molecule has 0 unspecified atom stereocenters. The quantitative estimate of drug-likeness (QED) is 0.511. The Balaban J connectivity index is 0.000000321. The summed E-state index contributed by atoms with van der Waals surface area (Å²) in [5.74, 6) is -2.98. The molecule has 0 atom stereocenters. The van der Waals surface area contributed by atoms with Crippen molar-refractivity contribution in [2.75, 3.05) is 7.11 Å². The molecule has 9 nitrogen and oxygen atoms in total. The number of aryl methyl sites for hydroxylation is 2. The summed E-state index contributed by atoms with van der Waals surface area (Å²) < 4.78 is 39.8. The first-order chi connectivity index (χ1) is 13.6. The van der Waals surface area contributed by atoms with E-state index in [1.165, 1.54) is 0 Å². The minimum absolute atomic E-state index is 0.102. The topological polar surface area (TPSA) is 111 Å². The van der Waals surface area contributed by atoms with Crippen LogP contribution in [0.4, 0.5) is 13.2 Å². The van der Waals surface area contributed by atoms with Crippen LogP contribution in [0.3, 0.4) is 0 Å².